The van der Waals surface area contributed by atoms with Gasteiger partial charge in [0.25, 0.3) is 0 Å². The van der Waals surface area contributed by atoms with Crippen molar-refractivity contribution in [3.05, 3.63) is 70.8 Å². The number of esters is 1. The topological polar surface area (TPSA) is 63.7 Å². The molecular weight excluding hydrogens is 402 g/mol. The molecule has 0 spiro atoms. The molecule has 0 saturated carbocycles. The zero-order valence-electron chi connectivity index (χ0n) is 18.6. The number of carbonyl (C=O) groups is 3. The largest absolute Gasteiger partial charge is 0.464 e. The summed E-state index contributed by atoms with van der Waals surface area (Å²) in [4.78, 5) is 41.9. The van der Waals surface area contributed by atoms with E-state index in [4.69, 9.17) is 4.74 Å². The number of ether oxygens (including phenoxy) is 1. The Kier molecular flexibility index (Phi) is 5.36. The summed E-state index contributed by atoms with van der Waals surface area (Å²) in [5.74, 6) is -2.11. The van der Waals surface area contributed by atoms with Gasteiger partial charge in [0.05, 0.1) is 18.4 Å². The molecule has 0 aromatic heterocycles. The summed E-state index contributed by atoms with van der Waals surface area (Å²) < 4.78 is 5.42. The highest BCUT2D eigenvalue weighted by molar-refractivity contribution is 6.10. The van der Waals surface area contributed by atoms with Crippen LogP contribution >= 0.6 is 0 Å². The fraction of sp³-hybridized carbons (Fsp3) is 0.444. The lowest BCUT2D eigenvalue weighted by Gasteiger charge is -2.45. The van der Waals surface area contributed by atoms with Gasteiger partial charge in [-0.05, 0) is 35.1 Å². The third-order valence-electron chi connectivity index (χ3n) is 7.35. The molecule has 1 fully saturated rings. The first-order valence-electron chi connectivity index (χ1n) is 11.8. The van der Waals surface area contributed by atoms with Crippen molar-refractivity contribution in [2.75, 3.05) is 6.61 Å². The van der Waals surface area contributed by atoms with Gasteiger partial charge in [0, 0.05) is 11.8 Å². The lowest BCUT2D eigenvalue weighted by molar-refractivity contribution is -0.159. The fourth-order valence-corrected chi connectivity index (χ4v) is 6.06. The Labute approximate surface area is 188 Å². The zero-order chi connectivity index (χ0) is 22.4. The number of rotatable bonds is 7. The van der Waals surface area contributed by atoms with Crippen LogP contribution in [0.2, 0.25) is 0 Å². The third kappa shape index (κ3) is 2.94. The lowest BCUT2D eigenvalue weighted by Crippen LogP contribution is -2.46. The van der Waals surface area contributed by atoms with Crippen LogP contribution in [0.25, 0.3) is 0 Å². The Balaban J connectivity index is 1.59. The summed E-state index contributed by atoms with van der Waals surface area (Å²) in [5.41, 5.74) is 4.55. The van der Waals surface area contributed by atoms with Crippen molar-refractivity contribution >= 4 is 17.8 Å². The number of likely N-dealkylation sites (tertiary alicyclic amines) is 1. The van der Waals surface area contributed by atoms with Crippen LogP contribution in [-0.4, -0.2) is 35.3 Å². The Morgan fingerprint density at radius 1 is 0.844 bits per heavy atom. The van der Waals surface area contributed by atoms with Crippen molar-refractivity contribution in [1.29, 1.82) is 0 Å². The minimum absolute atomic E-state index is 0.155. The lowest BCUT2D eigenvalue weighted by atomic mass is 9.55. The second-order valence-corrected chi connectivity index (χ2v) is 9.14. The van der Waals surface area contributed by atoms with E-state index in [9.17, 15) is 14.4 Å². The molecule has 2 amide bonds. The molecule has 0 radical (unpaired) electrons. The first kappa shape index (κ1) is 20.9. The van der Waals surface area contributed by atoms with E-state index in [0.717, 1.165) is 35.1 Å². The van der Waals surface area contributed by atoms with Crippen LogP contribution in [0.5, 0.6) is 0 Å². The van der Waals surface area contributed by atoms with Gasteiger partial charge in [-0.1, -0.05) is 75.2 Å². The van der Waals surface area contributed by atoms with Gasteiger partial charge in [-0.25, -0.2) is 4.79 Å². The minimum atomic E-state index is -0.835. The average molecular weight is 432 g/mol. The first-order chi connectivity index (χ1) is 15.6. The zero-order valence-corrected chi connectivity index (χ0v) is 18.6. The van der Waals surface area contributed by atoms with Gasteiger partial charge >= 0.3 is 5.97 Å². The molecule has 166 valence electrons. The molecular formula is C27H29NO4. The van der Waals surface area contributed by atoms with Crippen LogP contribution in [0.1, 0.15) is 73.6 Å². The van der Waals surface area contributed by atoms with E-state index in [-0.39, 0.29) is 23.7 Å². The first-order valence-corrected chi connectivity index (χ1v) is 11.8. The van der Waals surface area contributed by atoms with E-state index in [0.29, 0.717) is 19.4 Å². The molecule has 3 aliphatic carbocycles. The molecule has 3 atom stereocenters. The Morgan fingerprint density at radius 2 is 1.31 bits per heavy atom. The molecule has 2 bridgehead atoms. The number of amides is 2. The number of nitrogens with zero attached hydrogens (tertiary/aromatic N) is 1. The predicted molar refractivity (Wildman–Crippen MR) is 120 cm³/mol. The van der Waals surface area contributed by atoms with Gasteiger partial charge in [-0.3, -0.25) is 14.5 Å². The van der Waals surface area contributed by atoms with E-state index in [1.54, 1.807) is 0 Å². The fourth-order valence-electron chi connectivity index (χ4n) is 6.06. The number of benzene rings is 2. The summed E-state index contributed by atoms with van der Waals surface area (Å²) in [5, 5.41) is 0. The van der Waals surface area contributed by atoms with Gasteiger partial charge in [0.15, 0.2) is 0 Å². The number of unbranched alkanes of at least 4 members (excludes halogenated alkanes) is 1. The van der Waals surface area contributed by atoms with Gasteiger partial charge in [0.2, 0.25) is 11.8 Å². The Hall–Kier alpha value is -2.95. The smallest absolute Gasteiger partial charge is 0.329 e. The highest BCUT2D eigenvalue weighted by atomic mass is 16.5. The van der Waals surface area contributed by atoms with Gasteiger partial charge < -0.3 is 4.74 Å². The van der Waals surface area contributed by atoms with Crippen LogP contribution in [0.4, 0.5) is 0 Å². The summed E-state index contributed by atoms with van der Waals surface area (Å²) in [6, 6.07) is 15.5. The van der Waals surface area contributed by atoms with E-state index in [2.05, 4.69) is 24.3 Å². The van der Waals surface area contributed by atoms with Gasteiger partial charge in [-0.2, -0.15) is 0 Å². The molecule has 2 aromatic carbocycles. The molecule has 1 heterocycles. The molecule has 5 heteroatoms. The summed E-state index contributed by atoms with van der Waals surface area (Å²) in [6.07, 6.45) is 2.79. The van der Waals surface area contributed by atoms with E-state index in [1.807, 2.05) is 38.1 Å². The molecule has 6 rings (SSSR count). The second kappa shape index (κ2) is 8.19. The van der Waals surface area contributed by atoms with Crippen LogP contribution in [0.3, 0.4) is 0 Å². The Bertz CT molecular complexity index is 961. The van der Waals surface area contributed by atoms with Gasteiger partial charge in [0.1, 0.15) is 6.04 Å². The van der Waals surface area contributed by atoms with Crippen molar-refractivity contribution in [3.63, 3.8) is 0 Å². The molecule has 32 heavy (non-hydrogen) atoms. The van der Waals surface area contributed by atoms with Crippen molar-refractivity contribution in [3.8, 4) is 0 Å². The van der Waals surface area contributed by atoms with Crippen LogP contribution in [0.15, 0.2) is 48.5 Å². The van der Waals surface area contributed by atoms with Gasteiger partial charge in [-0.15, -0.1) is 0 Å². The maximum Gasteiger partial charge on any atom is 0.329 e. The molecule has 1 saturated heterocycles. The van der Waals surface area contributed by atoms with E-state index >= 15 is 0 Å². The van der Waals surface area contributed by atoms with Crippen molar-refractivity contribution in [1.82, 2.24) is 4.90 Å². The minimum Gasteiger partial charge on any atom is -0.464 e. The molecule has 0 N–H and O–H groups in total. The quantitative estimate of drug-likeness (QED) is 0.482. The maximum atomic E-state index is 13.8. The van der Waals surface area contributed by atoms with E-state index < -0.39 is 23.8 Å². The highest BCUT2D eigenvalue weighted by Crippen LogP contribution is 2.61. The van der Waals surface area contributed by atoms with E-state index in [1.165, 1.54) is 4.90 Å². The SMILES string of the molecule is CCCC[C@H](C(=O)OCCC)N1C(=O)[C@H]2C3c4ccccc4C(c4ccccc43)[C@@H]2C1=O. The summed E-state index contributed by atoms with van der Waals surface area (Å²) >= 11 is 0. The van der Waals surface area contributed by atoms with Crippen molar-refractivity contribution in [2.45, 2.75) is 57.4 Å². The third-order valence-corrected chi connectivity index (χ3v) is 7.35. The van der Waals surface area contributed by atoms with Crippen molar-refractivity contribution in [2.24, 2.45) is 11.8 Å². The number of imide groups is 1. The van der Waals surface area contributed by atoms with Crippen LogP contribution in [-0.2, 0) is 19.1 Å². The molecule has 1 aliphatic heterocycles. The summed E-state index contributed by atoms with van der Waals surface area (Å²) in [6.45, 7) is 4.27. The Morgan fingerprint density at radius 3 is 1.72 bits per heavy atom. The van der Waals surface area contributed by atoms with Crippen molar-refractivity contribution < 1.29 is 19.1 Å². The van der Waals surface area contributed by atoms with Crippen LogP contribution in [0, 0.1) is 11.8 Å². The maximum absolute atomic E-state index is 13.8. The molecule has 4 aliphatic rings. The standard InChI is InChI=1S/C27H29NO4/c1-3-5-14-20(27(31)32-15-4-2)28-25(29)23-21-16-10-6-7-11-17(16)22(24(23)26(28)30)19-13-9-8-12-18(19)21/h6-13,20-24H,3-5,14-15H2,1-2H3/t20-,21?,22?,23+,24+/m1/s1. The number of carbonyl (C=O) groups excluding carboxylic acids is 3. The molecule has 0 unspecified atom stereocenters. The highest BCUT2D eigenvalue weighted by Gasteiger charge is 2.63. The predicted octanol–water partition coefficient (Wildman–Crippen LogP) is 4.39. The molecule has 5 nitrogen and oxygen atoms in total. The average Bonchev–Trinajstić information content (AvgIpc) is 3.09. The number of hydrogen-bond donors (Lipinski definition) is 0. The second-order valence-electron chi connectivity index (χ2n) is 9.14. The monoisotopic (exact) mass is 431 g/mol. The number of hydrogen-bond acceptors (Lipinski definition) is 4. The normalized spacial score (nSPS) is 25.9. The molecule has 2 aromatic rings. The van der Waals surface area contributed by atoms with Crippen LogP contribution < -0.4 is 0 Å². The summed E-state index contributed by atoms with van der Waals surface area (Å²) in [7, 11) is 0.